The van der Waals surface area contributed by atoms with Gasteiger partial charge in [0.15, 0.2) is 0 Å². The zero-order chi connectivity index (χ0) is 24.4. The number of para-hydroxylation sites is 1. The number of hydrogen-bond acceptors (Lipinski definition) is 5. The summed E-state index contributed by atoms with van der Waals surface area (Å²) in [6.07, 6.45) is -4.88. The van der Waals surface area contributed by atoms with Gasteiger partial charge in [-0.05, 0) is 31.2 Å². The van der Waals surface area contributed by atoms with Crippen LogP contribution in [0, 0.1) is 0 Å². The molecule has 2 amide bonds. The highest BCUT2D eigenvalue weighted by molar-refractivity contribution is 7.89. The zero-order valence-electron chi connectivity index (χ0n) is 17.5. The van der Waals surface area contributed by atoms with Crippen LogP contribution in [0.15, 0.2) is 53.4 Å². The second-order valence-corrected chi connectivity index (χ2v) is 9.15. The SMILES string of the molecule is C[C@H](NS(=O)(=O)c1ccccc1C(F)(F)F)C(=O)N1CCN(C(=O)c2ccccc2O)CC1. The number of nitrogens with one attached hydrogen (secondary N) is 1. The summed E-state index contributed by atoms with van der Waals surface area (Å²) < 4.78 is 66.8. The average Bonchev–Trinajstić information content (AvgIpc) is 2.77. The van der Waals surface area contributed by atoms with E-state index >= 15 is 0 Å². The van der Waals surface area contributed by atoms with Gasteiger partial charge >= 0.3 is 6.18 Å². The second kappa shape index (κ2) is 9.40. The number of amides is 2. The van der Waals surface area contributed by atoms with Gasteiger partial charge in [-0.15, -0.1) is 0 Å². The van der Waals surface area contributed by atoms with Crippen LogP contribution < -0.4 is 4.72 Å². The number of sulfonamides is 1. The molecule has 1 fully saturated rings. The van der Waals surface area contributed by atoms with Crippen molar-refractivity contribution in [2.45, 2.75) is 24.0 Å². The lowest BCUT2D eigenvalue weighted by atomic mass is 10.1. The van der Waals surface area contributed by atoms with Crippen molar-refractivity contribution in [3.05, 3.63) is 59.7 Å². The van der Waals surface area contributed by atoms with E-state index in [-0.39, 0.29) is 37.5 Å². The summed E-state index contributed by atoms with van der Waals surface area (Å²) in [4.78, 5) is 27.1. The number of halogens is 3. The maximum Gasteiger partial charge on any atom is 0.417 e. The van der Waals surface area contributed by atoms with Crippen LogP contribution in [0.25, 0.3) is 0 Å². The Hall–Kier alpha value is -3.12. The van der Waals surface area contributed by atoms with Crippen LogP contribution in [-0.4, -0.2) is 67.4 Å². The number of phenols is 1. The van der Waals surface area contributed by atoms with E-state index in [1.807, 2.05) is 4.72 Å². The Kier molecular flexibility index (Phi) is 6.98. The van der Waals surface area contributed by atoms with Crippen LogP contribution in [0.2, 0.25) is 0 Å². The summed E-state index contributed by atoms with van der Waals surface area (Å²) in [6.45, 7) is 1.74. The molecule has 8 nitrogen and oxygen atoms in total. The topological polar surface area (TPSA) is 107 Å². The standard InChI is InChI=1S/C21H22F3N3O5S/c1-14(25-33(31,32)18-9-5-3-7-16(18)21(22,23)24)19(29)26-10-12-27(13-11-26)20(30)15-6-2-4-8-17(15)28/h2-9,14,25,28H,10-13H2,1H3/t14-/m0/s1. The van der Waals surface area contributed by atoms with Crippen molar-refractivity contribution >= 4 is 21.8 Å². The molecule has 0 unspecified atom stereocenters. The minimum absolute atomic E-state index is 0.101. The molecule has 0 saturated carbocycles. The fraction of sp³-hybridized carbons (Fsp3) is 0.333. The molecule has 2 aromatic rings. The second-order valence-electron chi connectivity index (χ2n) is 7.47. The molecule has 0 spiro atoms. The molecule has 3 rings (SSSR count). The van der Waals surface area contributed by atoms with E-state index < -0.39 is 44.5 Å². The van der Waals surface area contributed by atoms with Crippen LogP contribution in [-0.2, 0) is 21.0 Å². The minimum Gasteiger partial charge on any atom is -0.507 e. The number of phenolic OH excluding ortho intramolecular Hbond substituents is 1. The van der Waals surface area contributed by atoms with E-state index in [1.165, 1.54) is 28.9 Å². The number of aromatic hydroxyl groups is 1. The van der Waals surface area contributed by atoms with Crippen molar-refractivity contribution < 1.29 is 36.3 Å². The Labute approximate surface area is 188 Å². The van der Waals surface area contributed by atoms with Crippen molar-refractivity contribution in [2.24, 2.45) is 0 Å². The highest BCUT2D eigenvalue weighted by atomic mass is 32.2. The zero-order valence-corrected chi connectivity index (χ0v) is 18.4. The number of alkyl halides is 3. The van der Waals surface area contributed by atoms with E-state index in [9.17, 15) is 36.3 Å². The van der Waals surface area contributed by atoms with Crippen molar-refractivity contribution in [3.63, 3.8) is 0 Å². The first-order chi connectivity index (χ1) is 15.4. The van der Waals surface area contributed by atoms with Gasteiger partial charge in [0, 0.05) is 26.2 Å². The number of carbonyl (C=O) groups excluding carboxylic acids is 2. The van der Waals surface area contributed by atoms with Crippen LogP contribution in [0.3, 0.4) is 0 Å². The lowest BCUT2D eigenvalue weighted by molar-refractivity contribution is -0.139. The van der Waals surface area contributed by atoms with Gasteiger partial charge < -0.3 is 14.9 Å². The van der Waals surface area contributed by atoms with Crippen molar-refractivity contribution in [1.82, 2.24) is 14.5 Å². The summed E-state index contributed by atoms with van der Waals surface area (Å²) in [6, 6.07) is 8.45. The normalized spacial score (nSPS) is 15.9. The third kappa shape index (κ3) is 5.45. The Balaban J connectivity index is 1.65. The maximum absolute atomic E-state index is 13.2. The minimum atomic E-state index is -4.88. The smallest absolute Gasteiger partial charge is 0.417 e. The van der Waals surface area contributed by atoms with Gasteiger partial charge in [0.2, 0.25) is 15.9 Å². The van der Waals surface area contributed by atoms with Crippen LogP contribution in [0.1, 0.15) is 22.8 Å². The third-order valence-corrected chi connectivity index (χ3v) is 6.80. The monoisotopic (exact) mass is 485 g/mol. The van der Waals surface area contributed by atoms with E-state index in [4.69, 9.17) is 0 Å². The maximum atomic E-state index is 13.2. The highest BCUT2D eigenvalue weighted by Gasteiger charge is 2.38. The Morgan fingerprint density at radius 3 is 2.12 bits per heavy atom. The number of carbonyl (C=O) groups is 2. The molecule has 1 aliphatic rings. The lowest BCUT2D eigenvalue weighted by Gasteiger charge is -2.36. The van der Waals surface area contributed by atoms with E-state index in [0.717, 1.165) is 18.2 Å². The van der Waals surface area contributed by atoms with Gasteiger partial charge in [0.05, 0.1) is 22.1 Å². The fourth-order valence-electron chi connectivity index (χ4n) is 3.51. The quantitative estimate of drug-likeness (QED) is 0.674. The lowest BCUT2D eigenvalue weighted by Crippen LogP contribution is -2.55. The molecule has 2 aromatic carbocycles. The van der Waals surface area contributed by atoms with Gasteiger partial charge in [-0.1, -0.05) is 24.3 Å². The van der Waals surface area contributed by atoms with E-state index in [2.05, 4.69) is 0 Å². The predicted octanol–water partition coefficient (Wildman–Crippen LogP) is 2.06. The first-order valence-electron chi connectivity index (χ1n) is 9.96. The highest BCUT2D eigenvalue weighted by Crippen LogP contribution is 2.34. The summed E-state index contributed by atoms with van der Waals surface area (Å²) in [5.41, 5.74) is -1.20. The molecule has 0 aromatic heterocycles. The average molecular weight is 485 g/mol. The molecular formula is C21H22F3N3O5S. The van der Waals surface area contributed by atoms with Gasteiger partial charge in [0.25, 0.3) is 5.91 Å². The summed E-state index contributed by atoms with van der Waals surface area (Å²) >= 11 is 0. The Morgan fingerprint density at radius 2 is 1.52 bits per heavy atom. The summed E-state index contributed by atoms with van der Waals surface area (Å²) in [7, 11) is -4.63. The van der Waals surface area contributed by atoms with Crippen LogP contribution in [0.5, 0.6) is 5.75 Å². The van der Waals surface area contributed by atoms with Crippen molar-refractivity contribution in [2.75, 3.05) is 26.2 Å². The molecule has 1 saturated heterocycles. The van der Waals surface area contributed by atoms with Gasteiger partial charge in [-0.2, -0.15) is 17.9 Å². The summed E-state index contributed by atoms with van der Waals surface area (Å²) in [5.74, 6) is -1.20. The third-order valence-electron chi connectivity index (χ3n) is 5.20. The molecule has 33 heavy (non-hydrogen) atoms. The summed E-state index contributed by atoms with van der Waals surface area (Å²) in [5, 5.41) is 9.85. The Morgan fingerprint density at radius 1 is 0.970 bits per heavy atom. The molecule has 2 N–H and O–H groups in total. The molecule has 0 radical (unpaired) electrons. The largest absolute Gasteiger partial charge is 0.507 e. The fourth-order valence-corrected chi connectivity index (χ4v) is 4.93. The van der Waals surface area contributed by atoms with E-state index in [0.29, 0.717) is 6.07 Å². The van der Waals surface area contributed by atoms with Gasteiger partial charge in [-0.3, -0.25) is 9.59 Å². The molecule has 0 bridgehead atoms. The number of rotatable bonds is 5. The molecule has 1 atom stereocenters. The Bertz CT molecular complexity index is 1150. The molecule has 1 aliphatic heterocycles. The number of piperazine rings is 1. The van der Waals surface area contributed by atoms with Crippen molar-refractivity contribution in [1.29, 1.82) is 0 Å². The first-order valence-corrected chi connectivity index (χ1v) is 11.4. The van der Waals surface area contributed by atoms with Crippen molar-refractivity contribution in [3.8, 4) is 5.75 Å². The number of nitrogens with zero attached hydrogens (tertiary/aromatic N) is 2. The van der Waals surface area contributed by atoms with Gasteiger partial charge in [0.1, 0.15) is 5.75 Å². The van der Waals surface area contributed by atoms with E-state index in [1.54, 1.807) is 12.1 Å². The number of benzene rings is 2. The van der Waals surface area contributed by atoms with Gasteiger partial charge in [-0.25, -0.2) is 8.42 Å². The first kappa shape index (κ1) is 24.5. The van der Waals surface area contributed by atoms with Crippen LogP contribution >= 0.6 is 0 Å². The predicted molar refractivity (Wildman–Crippen MR) is 112 cm³/mol. The molecule has 1 heterocycles. The van der Waals surface area contributed by atoms with Crippen LogP contribution in [0.4, 0.5) is 13.2 Å². The number of hydrogen-bond donors (Lipinski definition) is 2. The molecule has 178 valence electrons. The molecule has 12 heteroatoms. The molecule has 0 aliphatic carbocycles. The molecular weight excluding hydrogens is 463 g/mol.